The van der Waals surface area contributed by atoms with Crippen LogP contribution in [0.5, 0.6) is 0 Å². The number of rotatable bonds is 3. The van der Waals surface area contributed by atoms with Gasteiger partial charge in [-0.15, -0.1) is 0 Å². The summed E-state index contributed by atoms with van der Waals surface area (Å²) in [6, 6.07) is 17.9. The van der Waals surface area contributed by atoms with Gasteiger partial charge in [0.25, 0.3) is 5.91 Å². The average Bonchev–Trinajstić information content (AvgIpc) is 3.33. The number of hydrazone groups is 1. The van der Waals surface area contributed by atoms with Crippen LogP contribution in [0.3, 0.4) is 0 Å². The lowest BCUT2D eigenvalue weighted by atomic mass is 9.94. The van der Waals surface area contributed by atoms with Crippen molar-refractivity contribution in [1.82, 2.24) is 10.4 Å². The molecule has 2 amide bonds. The number of Topliss-reactive ketones (excluding diaryl/α,β-unsaturated/α-hetero) is 1. The largest absolute Gasteiger partial charge is 0.296 e. The Balaban J connectivity index is 1.47. The molecule has 1 aromatic heterocycles. The first-order valence-corrected chi connectivity index (χ1v) is 9.20. The molecule has 1 N–H and O–H groups in total. The third kappa shape index (κ3) is 2.57. The maximum absolute atomic E-state index is 13.1. The highest BCUT2D eigenvalue weighted by atomic mass is 16.2. The molecule has 3 heterocycles. The predicted octanol–water partition coefficient (Wildman–Crippen LogP) is 1.81. The van der Waals surface area contributed by atoms with Crippen LogP contribution in [0.15, 0.2) is 65.8 Å². The van der Waals surface area contributed by atoms with Crippen molar-refractivity contribution in [1.29, 1.82) is 5.26 Å². The van der Waals surface area contributed by atoms with E-state index in [4.69, 9.17) is 5.26 Å². The number of para-hydroxylation sites is 1. The van der Waals surface area contributed by atoms with Crippen LogP contribution in [-0.4, -0.2) is 34.3 Å². The van der Waals surface area contributed by atoms with Gasteiger partial charge in [-0.3, -0.25) is 19.8 Å². The number of imide groups is 1. The Bertz CT molecular complexity index is 1310. The summed E-state index contributed by atoms with van der Waals surface area (Å²) in [5.41, 5.74) is 4.17. The zero-order valence-electron chi connectivity index (χ0n) is 15.4. The summed E-state index contributed by atoms with van der Waals surface area (Å²) in [6.07, 6.45) is 0. The van der Waals surface area contributed by atoms with E-state index in [0.717, 1.165) is 10.3 Å². The standard InChI is InChI=1S/C22H13N5O3/c23-11-12-5-8-14(9-6-12)27-21(29)17-18(25-26-19(17)22(27)30)20(28)16-10-7-13-3-1-2-4-15(13)24-16/h1-10,17,19,26H/t17-,19-/m1/s1. The van der Waals surface area contributed by atoms with Crippen molar-refractivity contribution in [2.45, 2.75) is 6.04 Å². The number of fused-ring (bicyclic) bond motifs is 2. The zero-order chi connectivity index (χ0) is 20.8. The number of amides is 2. The van der Waals surface area contributed by atoms with Crippen LogP contribution in [-0.2, 0) is 9.59 Å². The van der Waals surface area contributed by atoms with Gasteiger partial charge < -0.3 is 0 Å². The maximum atomic E-state index is 13.1. The fourth-order valence-electron chi connectivity index (χ4n) is 3.74. The number of nitriles is 1. The highest BCUT2D eigenvalue weighted by Gasteiger charge is 2.55. The first kappa shape index (κ1) is 17.7. The highest BCUT2D eigenvalue weighted by molar-refractivity contribution is 6.52. The molecule has 30 heavy (non-hydrogen) atoms. The number of hydrogen-bond acceptors (Lipinski definition) is 7. The molecule has 0 saturated carbocycles. The Morgan fingerprint density at radius 3 is 2.53 bits per heavy atom. The number of aromatic nitrogens is 1. The first-order valence-electron chi connectivity index (χ1n) is 9.20. The van der Waals surface area contributed by atoms with Gasteiger partial charge in [0.1, 0.15) is 23.4 Å². The third-order valence-electron chi connectivity index (χ3n) is 5.24. The Morgan fingerprint density at radius 1 is 1.00 bits per heavy atom. The number of carbonyl (C=O) groups excluding carboxylic acids is 3. The Hall–Kier alpha value is -4.38. The molecule has 2 aliphatic heterocycles. The molecule has 1 saturated heterocycles. The molecule has 2 aliphatic rings. The van der Waals surface area contributed by atoms with E-state index < -0.39 is 29.6 Å². The molecule has 5 rings (SSSR count). The van der Waals surface area contributed by atoms with Crippen molar-refractivity contribution in [2.24, 2.45) is 11.0 Å². The van der Waals surface area contributed by atoms with Crippen LogP contribution in [0, 0.1) is 17.2 Å². The lowest BCUT2D eigenvalue weighted by Gasteiger charge is -2.15. The summed E-state index contributed by atoms with van der Waals surface area (Å²) in [5.74, 6) is -2.54. The lowest BCUT2D eigenvalue weighted by Crippen LogP contribution is -2.36. The molecule has 3 aromatic rings. The van der Waals surface area contributed by atoms with Gasteiger partial charge in [-0.25, -0.2) is 9.88 Å². The van der Waals surface area contributed by atoms with Crippen molar-refractivity contribution in [3.8, 4) is 6.07 Å². The molecular weight excluding hydrogens is 382 g/mol. The normalized spacial score (nSPS) is 20.0. The zero-order valence-corrected chi connectivity index (χ0v) is 15.4. The summed E-state index contributed by atoms with van der Waals surface area (Å²) >= 11 is 0. The van der Waals surface area contributed by atoms with Crippen LogP contribution < -0.4 is 10.3 Å². The number of ketones is 1. The number of pyridine rings is 1. The number of nitrogens with one attached hydrogen (secondary N) is 1. The van der Waals surface area contributed by atoms with Crippen molar-refractivity contribution in [3.05, 3.63) is 71.9 Å². The SMILES string of the molecule is N#Cc1ccc(N2C(=O)[C@@H]3C(C(=O)c4ccc5ccccc5n4)=NN[C@H]3C2=O)cc1. The number of anilines is 1. The average molecular weight is 395 g/mol. The summed E-state index contributed by atoms with van der Waals surface area (Å²) in [4.78, 5) is 44.3. The second kappa shape index (κ2) is 6.60. The molecule has 1 fully saturated rings. The van der Waals surface area contributed by atoms with E-state index in [1.54, 1.807) is 18.2 Å². The van der Waals surface area contributed by atoms with Crippen molar-refractivity contribution in [3.63, 3.8) is 0 Å². The minimum Gasteiger partial charge on any atom is -0.296 e. The third-order valence-corrected chi connectivity index (χ3v) is 5.24. The molecule has 2 aromatic carbocycles. The second-order valence-corrected chi connectivity index (χ2v) is 6.97. The van der Waals surface area contributed by atoms with Crippen LogP contribution >= 0.6 is 0 Å². The summed E-state index contributed by atoms with van der Waals surface area (Å²) in [6.45, 7) is 0. The number of benzene rings is 2. The molecule has 0 bridgehead atoms. The topological polar surface area (TPSA) is 116 Å². The van der Waals surface area contributed by atoms with Crippen molar-refractivity contribution < 1.29 is 14.4 Å². The summed E-state index contributed by atoms with van der Waals surface area (Å²) < 4.78 is 0. The van der Waals surface area contributed by atoms with Gasteiger partial charge in [-0.1, -0.05) is 24.3 Å². The fourth-order valence-corrected chi connectivity index (χ4v) is 3.74. The smallest absolute Gasteiger partial charge is 0.259 e. The molecule has 0 spiro atoms. The molecule has 0 aliphatic carbocycles. The van der Waals surface area contributed by atoms with Crippen LogP contribution in [0.1, 0.15) is 16.1 Å². The van der Waals surface area contributed by atoms with Gasteiger partial charge in [0.15, 0.2) is 0 Å². The minimum atomic E-state index is -1.02. The molecular formula is C22H13N5O3. The molecule has 0 unspecified atom stereocenters. The van der Waals surface area contributed by atoms with E-state index in [0.29, 0.717) is 16.8 Å². The van der Waals surface area contributed by atoms with E-state index in [1.165, 1.54) is 24.3 Å². The van der Waals surface area contributed by atoms with E-state index in [1.807, 2.05) is 24.3 Å². The molecule has 2 atom stereocenters. The summed E-state index contributed by atoms with van der Waals surface area (Å²) in [7, 11) is 0. The fraction of sp³-hybridized carbons (Fsp3) is 0.0909. The second-order valence-electron chi connectivity index (χ2n) is 6.97. The Morgan fingerprint density at radius 2 is 1.77 bits per heavy atom. The maximum Gasteiger partial charge on any atom is 0.259 e. The highest BCUT2D eigenvalue weighted by Crippen LogP contribution is 2.31. The van der Waals surface area contributed by atoms with E-state index in [9.17, 15) is 14.4 Å². The number of hydrogen-bond donors (Lipinski definition) is 1. The van der Waals surface area contributed by atoms with Gasteiger partial charge in [0, 0.05) is 5.39 Å². The first-order chi connectivity index (χ1) is 14.6. The van der Waals surface area contributed by atoms with E-state index in [2.05, 4.69) is 15.5 Å². The van der Waals surface area contributed by atoms with Crippen LogP contribution in [0.2, 0.25) is 0 Å². The molecule has 8 heteroatoms. The van der Waals surface area contributed by atoms with Crippen LogP contribution in [0.4, 0.5) is 5.69 Å². The Labute approximate surface area is 170 Å². The van der Waals surface area contributed by atoms with Gasteiger partial charge >= 0.3 is 0 Å². The minimum absolute atomic E-state index is 0.0303. The predicted molar refractivity (Wildman–Crippen MR) is 108 cm³/mol. The van der Waals surface area contributed by atoms with Crippen LogP contribution in [0.25, 0.3) is 10.9 Å². The molecule has 8 nitrogen and oxygen atoms in total. The monoisotopic (exact) mass is 395 g/mol. The Kier molecular flexibility index (Phi) is 3.89. The van der Waals surface area contributed by atoms with E-state index in [-0.39, 0.29) is 11.4 Å². The summed E-state index contributed by atoms with van der Waals surface area (Å²) in [5, 5.41) is 13.8. The van der Waals surface area contributed by atoms with E-state index >= 15 is 0 Å². The van der Waals surface area contributed by atoms with Gasteiger partial charge in [0.05, 0.1) is 22.8 Å². The van der Waals surface area contributed by atoms with Crippen molar-refractivity contribution in [2.75, 3.05) is 4.90 Å². The lowest BCUT2D eigenvalue weighted by molar-refractivity contribution is -0.122. The quantitative estimate of drug-likeness (QED) is 0.534. The van der Waals surface area contributed by atoms with Gasteiger partial charge in [0.2, 0.25) is 11.7 Å². The molecule has 0 radical (unpaired) electrons. The molecule has 144 valence electrons. The van der Waals surface area contributed by atoms with Gasteiger partial charge in [-0.2, -0.15) is 10.4 Å². The van der Waals surface area contributed by atoms with Crippen molar-refractivity contribution >= 4 is 39.9 Å². The number of carbonyl (C=O) groups is 3. The number of nitrogens with zero attached hydrogens (tertiary/aromatic N) is 4. The van der Waals surface area contributed by atoms with Gasteiger partial charge in [-0.05, 0) is 36.4 Å².